The lowest BCUT2D eigenvalue weighted by Crippen LogP contribution is -2.48. The number of methoxy groups -OCH3 is 1. The summed E-state index contributed by atoms with van der Waals surface area (Å²) in [6, 6.07) is 11.0. The molecule has 0 unspecified atom stereocenters. The van der Waals surface area contributed by atoms with E-state index in [1.165, 1.54) is 25.1 Å². The van der Waals surface area contributed by atoms with Crippen LogP contribution in [0.15, 0.2) is 42.5 Å². The zero-order valence-electron chi connectivity index (χ0n) is 15.8. The van der Waals surface area contributed by atoms with E-state index >= 15 is 0 Å². The third kappa shape index (κ3) is 5.77. The summed E-state index contributed by atoms with van der Waals surface area (Å²) in [6.45, 7) is 1.89. The van der Waals surface area contributed by atoms with Crippen molar-refractivity contribution in [2.24, 2.45) is 0 Å². The molecule has 1 amide bonds. The average molecular weight is 445 g/mol. The minimum atomic E-state index is -3.72. The third-order valence-corrected chi connectivity index (χ3v) is 6.10. The van der Waals surface area contributed by atoms with E-state index in [2.05, 4.69) is 5.32 Å². The van der Waals surface area contributed by atoms with Crippen molar-refractivity contribution in [1.82, 2.24) is 5.32 Å². The molecule has 1 N–H and O–H groups in total. The molecule has 28 heavy (non-hydrogen) atoms. The summed E-state index contributed by atoms with van der Waals surface area (Å²) in [5.41, 5.74) is 1.30. The molecule has 2 rings (SSSR count). The van der Waals surface area contributed by atoms with Crippen LogP contribution in [0.1, 0.15) is 12.5 Å². The van der Waals surface area contributed by atoms with Gasteiger partial charge in [-0.15, -0.1) is 0 Å². The maximum absolute atomic E-state index is 12.6. The second kappa shape index (κ2) is 9.49. The van der Waals surface area contributed by atoms with E-state index in [1.807, 2.05) is 24.3 Å². The molecule has 0 spiro atoms. The van der Waals surface area contributed by atoms with Crippen LogP contribution in [-0.4, -0.2) is 40.3 Å². The van der Waals surface area contributed by atoms with Gasteiger partial charge in [-0.1, -0.05) is 35.3 Å². The molecule has 9 heteroatoms. The number of rotatable bonds is 8. The van der Waals surface area contributed by atoms with Crippen LogP contribution in [0.2, 0.25) is 10.0 Å². The van der Waals surface area contributed by atoms with Crippen molar-refractivity contribution >= 4 is 44.8 Å². The number of hydrogen-bond acceptors (Lipinski definition) is 4. The van der Waals surface area contributed by atoms with Gasteiger partial charge in [-0.25, -0.2) is 8.42 Å². The Morgan fingerprint density at radius 3 is 2.32 bits per heavy atom. The van der Waals surface area contributed by atoms with Crippen LogP contribution in [0.25, 0.3) is 0 Å². The van der Waals surface area contributed by atoms with Crippen molar-refractivity contribution in [3.8, 4) is 5.75 Å². The summed E-state index contributed by atoms with van der Waals surface area (Å²) in [4.78, 5) is 12.6. The van der Waals surface area contributed by atoms with Crippen molar-refractivity contribution < 1.29 is 17.9 Å². The quantitative estimate of drug-likeness (QED) is 0.675. The van der Waals surface area contributed by atoms with E-state index in [4.69, 9.17) is 27.9 Å². The summed E-state index contributed by atoms with van der Waals surface area (Å²) < 4.78 is 30.7. The molecule has 0 bridgehead atoms. The van der Waals surface area contributed by atoms with Gasteiger partial charge in [0.1, 0.15) is 11.8 Å². The monoisotopic (exact) mass is 444 g/mol. The molecule has 0 saturated heterocycles. The molecule has 2 aromatic rings. The molecule has 0 aliphatic carbocycles. The SMILES string of the molecule is COc1ccc(CCNC(=O)[C@@H](C)N(c2ccc(Cl)c(Cl)c2)S(C)(=O)=O)cc1. The summed E-state index contributed by atoms with van der Waals surface area (Å²) in [6.07, 6.45) is 1.64. The summed E-state index contributed by atoms with van der Waals surface area (Å²) in [7, 11) is -2.12. The number of nitrogens with one attached hydrogen (secondary N) is 1. The zero-order chi connectivity index (χ0) is 20.9. The van der Waals surface area contributed by atoms with E-state index in [1.54, 1.807) is 7.11 Å². The van der Waals surface area contributed by atoms with Crippen LogP contribution in [0.3, 0.4) is 0 Å². The van der Waals surface area contributed by atoms with Crippen LogP contribution in [0.4, 0.5) is 5.69 Å². The van der Waals surface area contributed by atoms with E-state index in [0.29, 0.717) is 18.0 Å². The largest absolute Gasteiger partial charge is 0.497 e. The van der Waals surface area contributed by atoms with E-state index < -0.39 is 22.0 Å². The smallest absolute Gasteiger partial charge is 0.243 e. The zero-order valence-corrected chi connectivity index (χ0v) is 18.1. The molecule has 0 heterocycles. The fourth-order valence-electron chi connectivity index (χ4n) is 2.70. The Bertz CT molecular complexity index is 933. The molecular formula is C19H22Cl2N2O4S. The van der Waals surface area contributed by atoms with Gasteiger partial charge < -0.3 is 10.1 Å². The van der Waals surface area contributed by atoms with Crippen molar-refractivity contribution in [3.05, 3.63) is 58.1 Å². The molecular weight excluding hydrogens is 423 g/mol. The first kappa shape index (κ1) is 22.3. The van der Waals surface area contributed by atoms with Crippen LogP contribution in [0.5, 0.6) is 5.75 Å². The molecule has 0 fully saturated rings. The molecule has 6 nitrogen and oxygen atoms in total. The summed E-state index contributed by atoms with van der Waals surface area (Å²) >= 11 is 11.9. The number of sulfonamides is 1. The van der Waals surface area contributed by atoms with Gasteiger partial charge in [0.05, 0.1) is 29.1 Å². The number of hydrogen-bond donors (Lipinski definition) is 1. The van der Waals surface area contributed by atoms with Gasteiger partial charge in [-0.2, -0.15) is 0 Å². The lowest BCUT2D eigenvalue weighted by atomic mass is 10.1. The highest BCUT2D eigenvalue weighted by molar-refractivity contribution is 7.92. The molecule has 0 saturated carbocycles. The lowest BCUT2D eigenvalue weighted by Gasteiger charge is -2.28. The number of halogens is 2. The van der Waals surface area contributed by atoms with Gasteiger partial charge in [0.15, 0.2) is 0 Å². The van der Waals surface area contributed by atoms with Gasteiger partial charge in [0, 0.05) is 6.54 Å². The standard InChI is InChI=1S/C19H22Cl2N2O4S/c1-13(19(24)22-11-10-14-4-7-16(27-2)8-5-14)23(28(3,25)26)15-6-9-17(20)18(21)12-15/h4-9,12-13H,10-11H2,1-3H3,(H,22,24)/t13-/m1/s1. The number of nitrogens with zero attached hydrogens (tertiary/aromatic N) is 1. The second-order valence-electron chi connectivity index (χ2n) is 6.22. The minimum Gasteiger partial charge on any atom is -0.497 e. The van der Waals surface area contributed by atoms with Crippen LogP contribution in [-0.2, 0) is 21.2 Å². The van der Waals surface area contributed by atoms with Gasteiger partial charge in [0.25, 0.3) is 0 Å². The van der Waals surface area contributed by atoms with Gasteiger partial charge in [-0.05, 0) is 49.2 Å². The van der Waals surface area contributed by atoms with E-state index in [9.17, 15) is 13.2 Å². The number of ether oxygens (including phenoxy) is 1. The van der Waals surface area contributed by atoms with Gasteiger partial charge in [0.2, 0.25) is 15.9 Å². The number of benzene rings is 2. The first-order chi connectivity index (χ1) is 13.1. The fraction of sp³-hybridized carbons (Fsp3) is 0.316. The molecule has 152 valence electrons. The maximum atomic E-state index is 12.6. The third-order valence-electron chi connectivity index (χ3n) is 4.12. The average Bonchev–Trinajstić information content (AvgIpc) is 2.64. The Kier molecular flexibility index (Phi) is 7.57. The topological polar surface area (TPSA) is 75.7 Å². The first-order valence-electron chi connectivity index (χ1n) is 8.48. The number of carbonyl (C=O) groups excluding carboxylic acids is 1. The van der Waals surface area contributed by atoms with Crippen molar-refractivity contribution in [3.63, 3.8) is 0 Å². The number of anilines is 1. The Hall–Kier alpha value is -1.96. The maximum Gasteiger partial charge on any atom is 0.243 e. The molecule has 1 atom stereocenters. The highest BCUT2D eigenvalue weighted by Gasteiger charge is 2.29. The Morgan fingerprint density at radius 1 is 1.14 bits per heavy atom. The van der Waals surface area contributed by atoms with Crippen molar-refractivity contribution in [2.75, 3.05) is 24.2 Å². The molecule has 0 aliphatic heterocycles. The summed E-state index contributed by atoms with van der Waals surface area (Å²) in [5, 5.41) is 3.28. The fourth-order valence-corrected chi connectivity index (χ4v) is 4.16. The van der Waals surface area contributed by atoms with Crippen LogP contribution in [0, 0.1) is 0 Å². The summed E-state index contributed by atoms with van der Waals surface area (Å²) in [5.74, 6) is 0.344. The second-order valence-corrected chi connectivity index (χ2v) is 8.90. The highest BCUT2D eigenvalue weighted by Crippen LogP contribution is 2.29. The van der Waals surface area contributed by atoms with Crippen molar-refractivity contribution in [1.29, 1.82) is 0 Å². The molecule has 0 aliphatic rings. The Balaban J connectivity index is 2.07. The van der Waals surface area contributed by atoms with E-state index in [0.717, 1.165) is 21.9 Å². The predicted molar refractivity (Wildman–Crippen MR) is 113 cm³/mol. The molecule has 0 radical (unpaired) electrons. The van der Waals surface area contributed by atoms with Gasteiger partial charge >= 0.3 is 0 Å². The predicted octanol–water partition coefficient (Wildman–Crippen LogP) is 3.52. The number of carbonyl (C=O) groups is 1. The molecule has 0 aromatic heterocycles. The van der Waals surface area contributed by atoms with Crippen molar-refractivity contribution in [2.45, 2.75) is 19.4 Å². The first-order valence-corrected chi connectivity index (χ1v) is 11.1. The van der Waals surface area contributed by atoms with Crippen LogP contribution < -0.4 is 14.4 Å². The Labute approximate surface area is 175 Å². The van der Waals surface area contributed by atoms with E-state index in [-0.39, 0.29) is 10.7 Å². The normalized spacial score (nSPS) is 12.3. The highest BCUT2D eigenvalue weighted by atomic mass is 35.5. The number of amides is 1. The Morgan fingerprint density at radius 2 is 1.79 bits per heavy atom. The minimum absolute atomic E-state index is 0.208. The molecule has 2 aromatic carbocycles. The van der Waals surface area contributed by atoms with Crippen LogP contribution >= 0.6 is 23.2 Å². The van der Waals surface area contributed by atoms with Gasteiger partial charge in [-0.3, -0.25) is 9.10 Å². The lowest BCUT2D eigenvalue weighted by molar-refractivity contribution is -0.121.